The van der Waals surface area contributed by atoms with Gasteiger partial charge < -0.3 is 5.21 Å². The molecule has 0 spiro atoms. The van der Waals surface area contributed by atoms with Crippen LogP contribution >= 0.6 is 0 Å². The molecule has 0 aliphatic rings. The molecule has 11 heavy (non-hydrogen) atoms. The molecule has 0 amide bonds. The number of aryl methyl sites for hydroxylation is 2. The minimum Gasteiger partial charge on any atom is -0.498 e. The Bertz CT molecular complexity index is 320. The Morgan fingerprint density at radius 3 is 2.64 bits per heavy atom. The summed E-state index contributed by atoms with van der Waals surface area (Å²) >= 11 is 0. The average Bonchev–Trinajstić information content (AvgIpc) is 1.95. The molecule has 0 aromatic heterocycles. The fourth-order valence-corrected chi connectivity index (χ4v) is 0.988. The lowest BCUT2D eigenvalue weighted by molar-refractivity contribution is 1.36. The minimum absolute atomic E-state index is 0.769. The molecule has 0 radical (unpaired) electrons. The zero-order valence-corrected chi connectivity index (χ0v) is 6.59. The Morgan fingerprint density at radius 2 is 2.09 bits per heavy atom. The van der Waals surface area contributed by atoms with E-state index in [-0.39, 0.29) is 0 Å². The van der Waals surface area contributed by atoms with E-state index in [9.17, 15) is 5.21 Å². The smallest absolute Gasteiger partial charge is 0.336 e. The summed E-state index contributed by atoms with van der Waals surface area (Å²) in [5.74, 6) is 0. The highest BCUT2D eigenvalue weighted by Gasteiger charge is 1.98. The lowest BCUT2D eigenvalue weighted by Gasteiger charge is -1.94. The summed E-state index contributed by atoms with van der Waals surface area (Å²) in [6, 6.07) is 8.14. The number of hydrogen-bond acceptors (Lipinski definition) is 1. The van der Waals surface area contributed by atoms with Crippen LogP contribution in [0.25, 0.3) is 5.01 Å². The summed E-state index contributed by atoms with van der Waals surface area (Å²) in [5.41, 5.74) is 2.98. The molecule has 0 bridgehead atoms. The molecule has 2 nitrogen and oxygen atoms in total. The predicted octanol–water partition coefficient (Wildman–Crippen LogP) is 2.48. The molecule has 0 aliphatic heterocycles. The zero-order chi connectivity index (χ0) is 8.27. The molecule has 0 unspecified atom stereocenters. The summed E-state index contributed by atoms with van der Waals surface area (Å²) < 4.78 is 0. The summed E-state index contributed by atoms with van der Waals surface area (Å²) in [5, 5.41) is 12.4. The molecule has 0 saturated carbocycles. The first-order valence-electron chi connectivity index (χ1n) is 3.39. The Balaban J connectivity index is 3.16. The van der Waals surface area contributed by atoms with Crippen molar-refractivity contribution in [3.8, 4) is 6.07 Å². The van der Waals surface area contributed by atoms with Crippen molar-refractivity contribution >= 4 is 0 Å². The van der Waals surface area contributed by atoms with Gasteiger partial charge in [-0.15, -0.1) is 0 Å². The van der Waals surface area contributed by atoms with Gasteiger partial charge in [0, 0.05) is 5.01 Å². The van der Waals surface area contributed by atoms with E-state index in [2.05, 4.69) is 11.1 Å². The van der Waals surface area contributed by atoms with Gasteiger partial charge in [0.25, 0.3) is 0 Å². The second-order valence-electron chi connectivity index (χ2n) is 2.52. The summed E-state index contributed by atoms with van der Waals surface area (Å²) in [6.45, 7) is 3.94. The van der Waals surface area contributed by atoms with E-state index in [1.54, 1.807) is 0 Å². The van der Waals surface area contributed by atoms with Crippen LogP contribution in [-0.4, -0.2) is 0 Å². The van der Waals surface area contributed by atoms with Crippen LogP contribution in [0.3, 0.4) is 0 Å². The summed E-state index contributed by atoms with van der Waals surface area (Å²) in [7, 11) is 0. The van der Waals surface area contributed by atoms with Crippen LogP contribution in [-0.2, 0) is 0 Å². The van der Waals surface area contributed by atoms with Gasteiger partial charge in [-0.1, -0.05) is 17.7 Å². The van der Waals surface area contributed by atoms with Gasteiger partial charge in [-0.05, 0) is 25.5 Å². The van der Waals surface area contributed by atoms with E-state index in [0.717, 1.165) is 11.1 Å². The lowest BCUT2D eigenvalue weighted by Crippen LogP contribution is -1.81. The highest BCUT2D eigenvalue weighted by molar-refractivity contribution is 5.40. The van der Waals surface area contributed by atoms with Gasteiger partial charge in [-0.2, -0.15) is 0 Å². The van der Waals surface area contributed by atoms with Gasteiger partial charge in [0.05, 0.1) is 0 Å². The highest BCUT2D eigenvalue weighted by atomic mass is 16.4. The van der Waals surface area contributed by atoms with Gasteiger partial charge in [0.1, 0.15) is 5.56 Å². The van der Waals surface area contributed by atoms with Crippen LogP contribution in [0.1, 0.15) is 16.7 Å². The van der Waals surface area contributed by atoms with Crippen molar-refractivity contribution in [2.45, 2.75) is 13.8 Å². The molecule has 1 aromatic carbocycles. The fraction of sp³-hybridized carbons (Fsp3) is 0.222. The lowest BCUT2D eigenvalue weighted by atomic mass is 10.1. The predicted molar refractivity (Wildman–Crippen MR) is 45.6 cm³/mol. The standard InChI is InChI=1S/C9H9NO/c1-7-3-4-9(6-10-11)8(2)5-7/h3-5H,1-2H3. The molecular weight excluding hydrogens is 138 g/mol. The van der Waals surface area contributed by atoms with Gasteiger partial charge in [-0.25, -0.2) is 0 Å². The second kappa shape index (κ2) is 3.07. The average molecular weight is 147 g/mol. The summed E-state index contributed by atoms with van der Waals surface area (Å²) in [4.78, 5) is 0. The van der Waals surface area contributed by atoms with E-state index in [1.807, 2.05) is 32.0 Å². The summed E-state index contributed by atoms with van der Waals surface area (Å²) in [6.07, 6.45) is 0. The Labute approximate surface area is 65.9 Å². The molecule has 56 valence electrons. The van der Waals surface area contributed by atoms with Crippen LogP contribution in [0, 0.1) is 25.1 Å². The van der Waals surface area contributed by atoms with Crippen molar-refractivity contribution in [1.29, 1.82) is 0 Å². The minimum atomic E-state index is 0.769. The molecule has 1 aromatic rings. The molecule has 1 rings (SSSR count). The van der Waals surface area contributed by atoms with E-state index >= 15 is 0 Å². The SMILES string of the molecule is Cc1ccc(C#[N+][O-])c(C)c1. The molecular formula is C9H9NO. The fourth-order valence-electron chi connectivity index (χ4n) is 0.988. The normalized spacial score (nSPS) is 8.55. The zero-order valence-electron chi connectivity index (χ0n) is 6.59. The highest BCUT2D eigenvalue weighted by Crippen LogP contribution is 2.08. The first-order chi connectivity index (χ1) is 5.24. The third-order valence-electron chi connectivity index (χ3n) is 1.55. The molecule has 0 heterocycles. The molecule has 2 heteroatoms. The number of nitrogens with zero attached hydrogens (tertiary/aromatic N) is 1. The molecule has 0 atom stereocenters. The van der Waals surface area contributed by atoms with E-state index in [4.69, 9.17) is 0 Å². The maximum atomic E-state index is 9.85. The van der Waals surface area contributed by atoms with Gasteiger partial charge in [0.15, 0.2) is 0 Å². The topological polar surface area (TPSA) is 27.4 Å². The van der Waals surface area contributed by atoms with Crippen LogP contribution in [0.2, 0.25) is 0 Å². The Hall–Kier alpha value is -1.49. The monoisotopic (exact) mass is 147 g/mol. The molecule has 0 saturated heterocycles. The van der Waals surface area contributed by atoms with E-state index < -0.39 is 0 Å². The third kappa shape index (κ3) is 1.71. The van der Waals surface area contributed by atoms with E-state index in [1.165, 1.54) is 5.56 Å². The largest absolute Gasteiger partial charge is 0.498 e. The number of hydrogen-bond donors (Lipinski definition) is 0. The van der Waals surface area contributed by atoms with Gasteiger partial charge >= 0.3 is 6.07 Å². The second-order valence-corrected chi connectivity index (χ2v) is 2.52. The molecule has 0 N–H and O–H groups in total. The van der Waals surface area contributed by atoms with Crippen LogP contribution in [0.15, 0.2) is 18.2 Å². The number of rotatable bonds is 0. The van der Waals surface area contributed by atoms with Crippen molar-refractivity contribution in [2.24, 2.45) is 0 Å². The van der Waals surface area contributed by atoms with Crippen molar-refractivity contribution in [3.63, 3.8) is 0 Å². The van der Waals surface area contributed by atoms with Gasteiger partial charge in [-0.3, -0.25) is 0 Å². The van der Waals surface area contributed by atoms with Crippen molar-refractivity contribution in [3.05, 3.63) is 45.1 Å². The molecule has 0 fully saturated rings. The van der Waals surface area contributed by atoms with Crippen molar-refractivity contribution in [2.75, 3.05) is 0 Å². The van der Waals surface area contributed by atoms with E-state index in [0.29, 0.717) is 0 Å². The first kappa shape index (κ1) is 7.62. The van der Waals surface area contributed by atoms with Crippen molar-refractivity contribution < 1.29 is 0 Å². The quantitative estimate of drug-likeness (QED) is 0.518. The maximum absolute atomic E-state index is 9.85. The number of benzene rings is 1. The third-order valence-corrected chi connectivity index (χ3v) is 1.55. The van der Waals surface area contributed by atoms with Crippen molar-refractivity contribution in [1.82, 2.24) is 0 Å². The van der Waals surface area contributed by atoms with Gasteiger partial charge in [0.2, 0.25) is 0 Å². The maximum Gasteiger partial charge on any atom is 0.336 e. The van der Waals surface area contributed by atoms with Crippen LogP contribution in [0.5, 0.6) is 0 Å². The van der Waals surface area contributed by atoms with Crippen LogP contribution < -0.4 is 0 Å². The Kier molecular flexibility index (Phi) is 2.12. The molecule has 0 aliphatic carbocycles. The van der Waals surface area contributed by atoms with Crippen LogP contribution in [0.4, 0.5) is 0 Å². The Morgan fingerprint density at radius 1 is 1.36 bits per heavy atom. The first-order valence-corrected chi connectivity index (χ1v) is 3.39.